The molecule has 0 N–H and O–H groups in total. The second kappa shape index (κ2) is 6.80. The molecule has 0 unspecified atom stereocenters. The van der Waals surface area contributed by atoms with Crippen molar-refractivity contribution >= 4 is 17.6 Å². The van der Waals surface area contributed by atoms with Crippen LogP contribution < -0.4 is 9.64 Å². The number of thioether (sulfide) groups is 1. The van der Waals surface area contributed by atoms with Crippen molar-refractivity contribution in [2.24, 2.45) is 0 Å². The van der Waals surface area contributed by atoms with E-state index >= 15 is 0 Å². The van der Waals surface area contributed by atoms with Gasteiger partial charge in [0.25, 0.3) is 0 Å². The molecule has 1 aromatic carbocycles. The predicted octanol–water partition coefficient (Wildman–Crippen LogP) is 3.38. The van der Waals surface area contributed by atoms with Crippen LogP contribution in [0.25, 0.3) is 0 Å². The van der Waals surface area contributed by atoms with Gasteiger partial charge in [-0.05, 0) is 30.5 Å². The number of anilines is 1. The molecular weight excluding hydrogens is 282 g/mol. The number of aromatic nitrogens is 2. The third-order valence-corrected chi connectivity index (χ3v) is 4.55. The molecule has 2 aromatic rings. The van der Waals surface area contributed by atoms with Crippen molar-refractivity contribution in [3.05, 3.63) is 42.2 Å². The van der Waals surface area contributed by atoms with Crippen molar-refractivity contribution in [1.29, 1.82) is 0 Å². The zero-order chi connectivity index (χ0) is 14.5. The zero-order valence-corrected chi connectivity index (χ0v) is 13.0. The monoisotopic (exact) mass is 301 g/mol. The lowest BCUT2D eigenvalue weighted by Crippen LogP contribution is -2.19. The predicted molar refractivity (Wildman–Crippen MR) is 86.0 cm³/mol. The number of methoxy groups -OCH3 is 1. The highest BCUT2D eigenvalue weighted by Crippen LogP contribution is 2.24. The van der Waals surface area contributed by atoms with Gasteiger partial charge in [0, 0.05) is 18.8 Å². The van der Waals surface area contributed by atoms with Gasteiger partial charge in [-0.3, -0.25) is 4.98 Å². The van der Waals surface area contributed by atoms with E-state index in [1.807, 2.05) is 24.5 Å². The van der Waals surface area contributed by atoms with Gasteiger partial charge in [-0.1, -0.05) is 12.1 Å². The van der Waals surface area contributed by atoms with Gasteiger partial charge in [0.05, 0.1) is 19.5 Å². The van der Waals surface area contributed by atoms with Crippen molar-refractivity contribution in [3.63, 3.8) is 0 Å². The molecule has 0 spiro atoms. The second-order valence-corrected chi connectivity index (χ2v) is 6.04. The summed E-state index contributed by atoms with van der Waals surface area (Å²) in [5, 5.41) is 0.982. The highest BCUT2D eigenvalue weighted by Gasteiger charge is 2.14. The molecule has 1 aliphatic heterocycles. The topological polar surface area (TPSA) is 38.2 Å². The summed E-state index contributed by atoms with van der Waals surface area (Å²) < 4.78 is 5.17. The van der Waals surface area contributed by atoms with Crippen LogP contribution in [0.3, 0.4) is 0 Å². The lowest BCUT2D eigenvalue weighted by atomic mass is 10.2. The van der Waals surface area contributed by atoms with Crippen LogP contribution in [0, 0.1) is 0 Å². The van der Waals surface area contributed by atoms with E-state index in [0.717, 1.165) is 35.4 Å². The zero-order valence-electron chi connectivity index (χ0n) is 12.2. The van der Waals surface area contributed by atoms with E-state index in [4.69, 9.17) is 9.72 Å². The molecule has 0 atom stereocenters. The molecule has 110 valence electrons. The second-order valence-electron chi connectivity index (χ2n) is 5.05. The standard InChI is InChI=1S/C16H19N3OS/c1-20-14-6-4-13(5-7-14)12-21-16-11-17-10-15(18-16)19-8-2-3-9-19/h4-7,10-11H,2-3,8-9,12H2,1H3. The molecule has 0 saturated carbocycles. The molecule has 1 saturated heterocycles. The van der Waals surface area contributed by atoms with Crippen LogP contribution in [0.4, 0.5) is 5.82 Å². The van der Waals surface area contributed by atoms with Crippen LogP contribution in [0.5, 0.6) is 5.75 Å². The fraction of sp³-hybridized carbons (Fsp3) is 0.375. The average Bonchev–Trinajstić information content (AvgIpc) is 3.08. The molecule has 3 rings (SSSR count). The molecule has 5 heteroatoms. The van der Waals surface area contributed by atoms with E-state index in [-0.39, 0.29) is 0 Å². The Kier molecular flexibility index (Phi) is 4.60. The van der Waals surface area contributed by atoms with E-state index in [1.54, 1.807) is 18.9 Å². The van der Waals surface area contributed by atoms with Crippen molar-refractivity contribution in [2.45, 2.75) is 23.6 Å². The molecule has 1 aliphatic rings. The molecule has 2 heterocycles. The van der Waals surface area contributed by atoms with Crippen LogP contribution in [-0.4, -0.2) is 30.2 Å². The molecule has 21 heavy (non-hydrogen) atoms. The largest absolute Gasteiger partial charge is 0.497 e. The van der Waals surface area contributed by atoms with E-state index < -0.39 is 0 Å². The average molecular weight is 301 g/mol. The Morgan fingerprint density at radius 3 is 2.62 bits per heavy atom. The fourth-order valence-electron chi connectivity index (χ4n) is 2.39. The lowest BCUT2D eigenvalue weighted by molar-refractivity contribution is 0.414. The first-order chi connectivity index (χ1) is 10.3. The van der Waals surface area contributed by atoms with Gasteiger partial charge in [-0.15, -0.1) is 11.8 Å². The normalized spacial score (nSPS) is 14.4. The van der Waals surface area contributed by atoms with E-state index in [1.165, 1.54) is 18.4 Å². The van der Waals surface area contributed by atoms with Crippen LogP contribution >= 0.6 is 11.8 Å². The molecule has 0 radical (unpaired) electrons. The Morgan fingerprint density at radius 2 is 1.90 bits per heavy atom. The van der Waals surface area contributed by atoms with E-state index in [2.05, 4.69) is 22.0 Å². The van der Waals surface area contributed by atoms with Gasteiger partial charge < -0.3 is 9.64 Å². The molecule has 0 bridgehead atoms. The summed E-state index contributed by atoms with van der Waals surface area (Å²) in [4.78, 5) is 11.3. The van der Waals surface area contributed by atoms with Crippen LogP contribution in [-0.2, 0) is 5.75 Å². The quantitative estimate of drug-likeness (QED) is 0.792. The number of hydrogen-bond donors (Lipinski definition) is 0. The minimum Gasteiger partial charge on any atom is -0.497 e. The lowest BCUT2D eigenvalue weighted by Gasteiger charge is -2.16. The summed E-state index contributed by atoms with van der Waals surface area (Å²) >= 11 is 1.72. The first-order valence-electron chi connectivity index (χ1n) is 7.18. The maximum Gasteiger partial charge on any atom is 0.148 e. The highest BCUT2D eigenvalue weighted by molar-refractivity contribution is 7.98. The summed E-state index contributed by atoms with van der Waals surface area (Å²) in [6.45, 7) is 2.20. The Labute approximate surface area is 129 Å². The summed E-state index contributed by atoms with van der Waals surface area (Å²) in [5.74, 6) is 2.79. The number of ether oxygens (including phenoxy) is 1. The third-order valence-electron chi connectivity index (χ3n) is 3.58. The third kappa shape index (κ3) is 3.67. The fourth-order valence-corrected chi connectivity index (χ4v) is 3.19. The summed E-state index contributed by atoms with van der Waals surface area (Å²) in [6.07, 6.45) is 6.21. The number of benzene rings is 1. The van der Waals surface area contributed by atoms with Crippen LogP contribution in [0.1, 0.15) is 18.4 Å². The Hall–Kier alpha value is -1.75. The van der Waals surface area contributed by atoms with Crippen LogP contribution in [0.2, 0.25) is 0 Å². The highest BCUT2D eigenvalue weighted by atomic mass is 32.2. The van der Waals surface area contributed by atoms with Gasteiger partial charge in [0.2, 0.25) is 0 Å². The SMILES string of the molecule is COc1ccc(CSc2cncc(N3CCCC3)n2)cc1. The van der Waals surface area contributed by atoms with Crippen molar-refractivity contribution in [1.82, 2.24) is 9.97 Å². The number of hydrogen-bond acceptors (Lipinski definition) is 5. The maximum atomic E-state index is 5.17. The van der Waals surface area contributed by atoms with Crippen LogP contribution in [0.15, 0.2) is 41.7 Å². The molecule has 4 nitrogen and oxygen atoms in total. The summed E-state index contributed by atoms with van der Waals surface area (Å²) in [5.41, 5.74) is 1.26. The van der Waals surface area contributed by atoms with Gasteiger partial charge in [0.1, 0.15) is 16.6 Å². The smallest absolute Gasteiger partial charge is 0.148 e. The molecule has 0 amide bonds. The Balaban J connectivity index is 1.62. The minimum absolute atomic E-state index is 0.888. The van der Waals surface area contributed by atoms with Gasteiger partial charge in [-0.25, -0.2) is 4.98 Å². The van der Waals surface area contributed by atoms with Crippen molar-refractivity contribution in [3.8, 4) is 5.75 Å². The van der Waals surface area contributed by atoms with Crippen molar-refractivity contribution in [2.75, 3.05) is 25.1 Å². The van der Waals surface area contributed by atoms with Gasteiger partial charge >= 0.3 is 0 Å². The van der Waals surface area contributed by atoms with Gasteiger partial charge in [-0.2, -0.15) is 0 Å². The number of nitrogens with zero attached hydrogens (tertiary/aromatic N) is 3. The first-order valence-corrected chi connectivity index (χ1v) is 8.16. The summed E-state index contributed by atoms with van der Waals surface area (Å²) in [6, 6.07) is 8.15. The first kappa shape index (κ1) is 14.2. The van der Waals surface area contributed by atoms with E-state index in [0.29, 0.717) is 0 Å². The summed E-state index contributed by atoms with van der Waals surface area (Å²) in [7, 11) is 1.68. The number of rotatable bonds is 5. The van der Waals surface area contributed by atoms with E-state index in [9.17, 15) is 0 Å². The van der Waals surface area contributed by atoms with Crippen molar-refractivity contribution < 1.29 is 4.74 Å². The minimum atomic E-state index is 0.888. The Bertz CT molecular complexity index is 582. The maximum absolute atomic E-state index is 5.17. The Morgan fingerprint density at radius 1 is 1.14 bits per heavy atom. The van der Waals surface area contributed by atoms with Gasteiger partial charge in [0.15, 0.2) is 0 Å². The molecule has 0 aliphatic carbocycles. The molecule has 1 fully saturated rings. The molecular formula is C16H19N3OS. The molecule has 1 aromatic heterocycles.